The van der Waals surface area contributed by atoms with Crippen molar-refractivity contribution in [2.24, 2.45) is 11.8 Å². The van der Waals surface area contributed by atoms with Crippen LogP contribution in [-0.4, -0.2) is 42.8 Å². The zero-order valence-corrected chi connectivity index (χ0v) is 30.2. The molecule has 46 heavy (non-hydrogen) atoms. The highest BCUT2D eigenvalue weighted by molar-refractivity contribution is 6.89. The summed E-state index contributed by atoms with van der Waals surface area (Å²) in [5.74, 6) is 1.00. The van der Waals surface area contributed by atoms with Crippen molar-refractivity contribution in [3.63, 3.8) is 0 Å². The first-order chi connectivity index (χ1) is 21.7. The highest BCUT2D eigenvalue weighted by atomic mass is 35.5. The number of allylic oxidation sites excluding steroid dienone is 4. The SMILES string of the molecule is C[Si](C)(C)C1=C2c3nc4ccccc4cc3C(Cl)CC2CC1=O.C[Si](C)(C)C1=C2c3nc4ccccc4cc3C(O)CC2CC1=O. The van der Waals surface area contributed by atoms with Gasteiger partial charge in [-0.3, -0.25) is 9.59 Å². The zero-order valence-electron chi connectivity index (χ0n) is 27.4. The first-order valence-corrected chi connectivity index (χ1v) is 23.8. The maximum atomic E-state index is 12.7. The molecule has 0 spiro atoms. The molecule has 0 amide bonds. The number of carbonyl (C=O) groups excluding carboxylic acids is 2. The molecule has 8 heteroatoms. The summed E-state index contributed by atoms with van der Waals surface area (Å²) in [6, 6.07) is 20.3. The Morgan fingerprint density at radius 1 is 0.674 bits per heavy atom. The summed E-state index contributed by atoms with van der Waals surface area (Å²) in [5.41, 5.74) is 8.12. The number of hydrogen-bond acceptors (Lipinski definition) is 5. The van der Waals surface area contributed by atoms with Crippen LogP contribution in [0.25, 0.3) is 33.0 Å². The Labute approximate surface area is 277 Å². The van der Waals surface area contributed by atoms with E-state index < -0.39 is 22.3 Å². The highest BCUT2D eigenvalue weighted by Gasteiger charge is 2.45. The van der Waals surface area contributed by atoms with Crippen LogP contribution < -0.4 is 0 Å². The number of aromatic nitrogens is 2. The van der Waals surface area contributed by atoms with E-state index in [0.717, 1.165) is 66.7 Å². The number of Topliss-reactive ketones (excluding diaryl/α,β-unsaturated/α-hetero) is 2. The number of fused-ring (bicyclic) bond motifs is 8. The summed E-state index contributed by atoms with van der Waals surface area (Å²) in [4.78, 5) is 35.1. The Morgan fingerprint density at radius 3 is 1.61 bits per heavy atom. The second-order valence-corrected chi connectivity index (χ2v) is 25.9. The van der Waals surface area contributed by atoms with Crippen LogP contribution in [0.2, 0.25) is 39.3 Å². The van der Waals surface area contributed by atoms with Gasteiger partial charge in [0.05, 0.1) is 50.1 Å². The summed E-state index contributed by atoms with van der Waals surface area (Å²) in [5, 5.41) is 14.8. The standard InChI is InChI=1S/C19H20ClNOSi.C19H21NO2Si/c1-23(2,3)19-16(22)10-12-9-14(20)13-8-11-6-4-5-7-15(11)21-18(13)17(12)19;1-23(2,3)19-16(22)10-12-9-15(21)13-8-11-6-4-5-7-14(11)20-18(13)17(12)19/h4-8,12,14H,9-10H2,1-3H3;4-8,12,15,21H,9-10H2,1-3H3. The number of carbonyl (C=O) groups is 2. The maximum absolute atomic E-state index is 12.7. The van der Waals surface area contributed by atoms with Gasteiger partial charge in [-0.2, -0.15) is 0 Å². The van der Waals surface area contributed by atoms with Crippen molar-refractivity contribution >= 4 is 72.3 Å². The third-order valence-corrected chi connectivity index (χ3v) is 14.5. The third kappa shape index (κ3) is 5.25. The van der Waals surface area contributed by atoms with Crippen LogP contribution >= 0.6 is 11.6 Å². The molecule has 4 atom stereocenters. The Bertz CT molecular complexity index is 1880. The molecule has 4 unspecified atom stereocenters. The monoisotopic (exact) mass is 664 g/mol. The number of aliphatic hydroxyl groups is 1. The number of benzene rings is 2. The van der Waals surface area contributed by atoms with E-state index in [9.17, 15) is 14.7 Å². The lowest BCUT2D eigenvalue weighted by Gasteiger charge is -2.29. The molecule has 0 bridgehead atoms. The Balaban J connectivity index is 0.000000147. The van der Waals surface area contributed by atoms with Crippen molar-refractivity contribution in [2.75, 3.05) is 0 Å². The van der Waals surface area contributed by atoms with Crippen molar-refractivity contribution in [3.05, 3.63) is 93.6 Å². The minimum absolute atomic E-state index is 0.0513. The van der Waals surface area contributed by atoms with Crippen molar-refractivity contribution < 1.29 is 14.7 Å². The third-order valence-electron chi connectivity index (χ3n) is 9.99. The Kier molecular flexibility index (Phi) is 7.63. The van der Waals surface area contributed by atoms with Crippen LogP contribution in [0.1, 0.15) is 59.7 Å². The first kappa shape index (κ1) is 31.4. The number of hydrogen-bond donors (Lipinski definition) is 1. The lowest BCUT2D eigenvalue weighted by atomic mass is 9.81. The molecule has 5 nitrogen and oxygen atoms in total. The predicted octanol–water partition coefficient (Wildman–Crippen LogP) is 9.03. The molecule has 8 rings (SSSR count). The molecule has 0 saturated carbocycles. The van der Waals surface area contributed by atoms with E-state index in [2.05, 4.69) is 57.5 Å². The number of halogens is 1. The largest absolute Gasteiger partial charge is 0.388 e. The number of aliphatic hydroxyl groups excluding tert-OH is 1. The van der Waals surface area contributed by atoms with Crippen molar-refractivity contribution in [3.8, 4) is 0 Å². The molecule has 0 radical (unpaired) electrons. The van der Waals surface area contributed by atoms with E-state index in [4.69, 9.17) is 21.6 Å². The second kappa shape index (κ2) is 11.2. The van der Waals surface area contributed by atoms with Gasteiger partial charge < -0.3 is 5.11 Å². The molecule has 4 aliphatic carbocycles. The maximum Gasteiger partial charge on any atom is 0.155 e. The van der Waals surface area contributed by atoms with Gasteiger partial charge >= 0.3 is 0 Å². The molecule has 2 aromatic heterocycles. The number of para-hydroxylation sites is 2. The number of ketones is 2. The van der Waals surface area contributed by atoms with Crippen LogP contribution in [0, 0.1) is 11.8 Å². The molecule has 2 aromatic carbocycles. The normalized spacial score (nSPS) is 24.1. The molecule has 1 N–H and O–H groups in total. The fourth-order valence-electron chi connectivity index (χ4n) is 8.20. The molecular weight excluding hydrogens is 624 g/mol. The summed E-state index contributed by atoms with van der Waals surface area (Å²) >= 11 is 6.66. The average molecular weight is 665 g/mol. The fraction of sp³-hybridized carbons (Fsp3) is 0.368. The molecule has 4 aromatic rings. The van der Waals surface area contributed by atoms with Gasteiger partial charge in [-0.05, 0) is 76.0 Å². The molecule has 2 heterocycles. The predicted molar refractivity (Wildman–Crippen MR) is 193 cm³/mol. The summed E-state index contributed by atoms with van der Waals surface area (Å²) in [6.45, 7) is 13.4. The van der Waals surface area contributed by atoms with Crippen LogP contribution in [-0.2, 0) is 9.59 Å². The van der Waals surface area contributed by atoms with Crippen molar-refractivity contribution in [1.29, 1.82) is 0 Å². The molecule has 0 aliphatic heterocycles. The highest BCUT2D eigenvalue weighted by Crippen LogP contribution is 2.52. The fourth-order valence-corrected chi connectivity index (χ4v) is 12.7. The van der Waals surface area contributed by atoms with Gasteiger partial charge in [0, 0.05) is 29.2 Å². The van der Waals surface area contributed by atoms with Gasteiger partial charge in [0.25, 0.3) is 0 Å². The van der Waals surface area contributed by atoms with Gasteiger partial charge in [0.2, 0.25) is 0 Å². The number of rotatable bonds is 2. The van der Waals surface area contributed by atoms with E-state index in [1.54, 1.807) is 0 Å². The summed E-state index contributed by atoms with van der Waals surface area (Å²) in [6.07, 6.45) is 2.13. The van der Waals surface area contributed by atoms with Crippen molar-refractivity contribution in [1.82, 2.24) is 9.97 Å². The van der Waals surface area contributed by atoms with E-state index >= 15 is 0 Å². The lowest BCUT2D eigenvalue weighted by Crippen LogP contribution is -2.28. The topological polar surface area (TPSA) is 80.2 Å². The molecule has 236 valence electrons. The quantitative estimate of drug-likeness (QED) is 0.171. The van der Waals surface area contributed by atoms with Crippen LogP contribution in [0.3, 0.4) is 0 Å². The van der Waals surface area contributed by atoms with Gasteiger partial charge in [0.15, 0.2) is 11.6 Å². The molecular formula is C38H41ClN2O3Si2. The Morgan fingerprint density at radius 2 is 1.11 bits per heavy atom. The molecule has 0 saturated heterocycles. The second-order valence-electron chi connectivity index (χ2n) is 15.4. The van der Waals surface area contributed by atoms with E-state index in [0.29, 0.717) is 25.0 Å². The number of pyridine rings is 2. The van der Waals surface area contributed by atoms with Crippen molar-refractivity contribution in [2.45, 2.75) is 76.4 Å². The molecule has 4 aliphatic rings. The van der Waals surface area contributed by atoms with E-state index in [1.165, 1.54) is 5.57 Å². The molecule has 0 fully saturated rings. The van der Waals surface area contributed by atoms with Crippen LogP contribution in [0.15, 0.2) is 71.1 Å². The minimum Gasteiger partial charge on any atom is -0.388 e. The lowest BCUT2D eigenvalue weighted by molar-refractivity contribution is -0.115. The number of nitrogens with zero attached hydrogens (tertiary/aromatic N) is 2. The van der Waals surface area contributed by atoms with E-state index in [1.807, 2.05) is 42.5 Å². The summed E-state index contributed by atoms with van der Waals surface area (Å²) in [7, 11) is -3.45. The summed E-state index contributed by atoms with van der Waals surface area (Å²) < 4.78 is 0. The van der Waals surface area contributed by atoms with Gasteiger partial charge in [-0.1, -0.05) is 75.7 Å². The van der Waals surface area contributed by atoms with Gasteiger partial charge in [-0.15, -0.1) is 11.6 Å². The number of alkyl halides is 1. The minimum atomic E-state index is -1.74. The smallest absolute Gasteiger partial charge is 0.155 e. The van der Waals surface area contributed by atoms with Crippen LogP contribution in [0.5, 0.6) is 0 Å². The first-order valence-electron chi connectivity index (χ1n) is 16.4. The Hall–Kier alpha value is -3.24. The average Bonchev–Trinajstić information content (AvgIpc) is 3.51. The van der Waals surface area contributed by atoms with Gasteiger partial charge in [0.1, 0.15) is 0 Å². The zero-order chi connectivity index (χ0) is 32.7. The van der Waals surface area contributed by atoms with Gasteiger partial charge in [-0.25, -0.2) is 9.97 Å². The van der Waals surface area contributed by atoms with Crippen LogP contribution in [0.4, 0.5) is 0 Å². The van der Waals surface area contributed by atoms with E-state index in [-0.39, 0.29) is 23.0 Å².